The van der Waals surface area contributed by atoms with Crippen molar-refractivity contribution < 1.29 is 4.79 Å². The molecule has 1 aliphatic rings. The second-order valence-corrected chi connectivity index (χ2v) is 3.58. The maximum Gasteiger partial charge on any atom is 0.228 e. The van der Waals surface area contributed by atoms with E-state index in [1.165, 1.54) is 11.3 Å². The zero-order chi connectivity index (χ0) is 8.55. The van der Waals surface area contributed by atoms with Crippen LogP contribution in [0.25, 0.3) is 0 Å². The van der Waals surface area contributed by atoms with E-state index in [0.717, 1.165) is 13.0 Å². The van der Waals surface area contributed by atoms with Crippen LogP contribution in [0, 0.1) is 0 Å². The molecule has 0 aliphatic carbocycles. The number of hydrogen-bond acceptors (Lipinski definition) is 4. The van der Waals surface area contributed by atoms with Crippen molar-refractivity contribution in [2.75, 3.05) is 17.2 Å². The second kappa shape index (κ2) is 2.75. The molecule has 0 radical (unpaired) electrons. The molecule has 12 heavy (non-hydrogen) atoms. The highest BCUT2D eigenvalue weighted by molar-refractivity contribution is 7.13. The first-order valence-electron chi connectivity index (χ1n) is 3.79. The number of nitrogen functional groups attached to an aromatic ring is 1. The molecule has 0 unspecified atom stereocenters. The van der Waals surface area contributed by atoms with Crippen molar-refractivity contribution in [3.63, 3.8) is 0 Å². The van der Waals surface area contributed by atoms with Crippen molar-refractivity contribution in [1.29, 1.82) is 0 Å². The van der Waals surface area contributed by atoms with Crippen LogP contribution in [0.1, 0.15) is 12.8 Å². The van der Waals surface area contributed by atoms with Crippen molar-refractivity contribution >= 4 is 28.2 Å². The zero-order valence-electron chi connectivity index (χ0n) is 6.49. The summed E-state index contributed by atoms with van der Waals surface area (Å²) >= 11 is 1.37. The Bertz CT molecular complexity index is 309. The van der Waals surface area contributed by atoms with E-state index in [1.807, 2.05) is 5.38 Å². The smallest absolute Gasteiger partial charge is 0.228 e. The Balaban J connectivity index is 2.24. The molecular weight excluding hydrogens is 174 g/mol. The molecule has 0 aromatic carbocycles. The third-order valence-electron chi connectivity index (χ3n) is 1.86. The van der Waals surface area contributed by atoms with Gasteiger partial charge in [-0.1, -0.05) is 0 Å². The molecule has 1 saturated heterocycles. The quantitative estimate of drug-likeness (QED) is 0.702. The Morgan fingerprint density at radius 2 is 2.50 bits per heavy atom. The van der Waals surface area contributed by atoms with Gasteiger partial charge in [-0.3, -0.25) is 9.69 Å². The lowest BCUT2D eigenvalue weighted by atomic mass is 10.4. The molecule has 1 aliphatic heterocycles. The van der Waals surface area contributed by atoms with Crippen LogP contribution in [0.4, 0.5) is 10.9 Å². The van der Waals surface area contributed by atoms with Gasteiger partial charge >= 0.3 is 0 Å². The molecule has 1 aromatic rings. The molecule has 1 amide bonds. The lowest BCUT2D eigenvalue weighted by Crippen LogP contribution is -2.23. The van der Waals surface area contributed by atoms with Crippen molar-refractivity contribution in [1.82, 2.24) is 4.98 Å². The Hall–Kier alpha value is -1.10. The Morgan fingerprint density at radius 1 is 1.67 bits per heavy atom. The van der Waals surface area contributed by atoms with Gasteiger partial charge in [0.15, 0.2) is 5.13 Å². The van der Waals surface area contributed by atoms with Crippen molar-refractivity contribution in [2.45, 2.75) is 12.8 Å². The summed E-state index contributed by atoms with van der Waals surface area (Å²) in [5.41, 5.74) is 5.46. The summed E-state index contributed by atoms with van der Waals surface area (Å²) in [5, 5.41) is 2.34. The number of amides is 1. The first-order chi connectivity index (χ1) is 5.77. The predicted octanol–water partition coefficient (Wildman–Crippen LogP) is 0.852. The van der Waals surface area contributed by atoms with Gasteiger partial charge in [-0.2, -0.15) is 0 Å². The monoisotopic (exact) mass is 183 g/mol. The van der Waals surface area contributed by atoms with E-state index in [4.69, 9.17) is 5.73 Å². The lowest BCUT2D eigenvalue weighted by Gasteiger charge is -2.10. The number of rotatable bonds is 1. The molecule has 1 aromatic heterocycles. The molecule has 0 bridgehead atoms. The van der Waals surface area contributed by atoms with Crippen molar-refractivity contribution in [3.8, 4) is 0 Å². The Kier molecular flexibility index (Phi) is 1.73. The summed E-state index contributed by atoms with van der Waals surface area (Å²) in [6, 6.07) is 0. The van der Waals surface area contributed by atoms with Gasteiger partial charge in [-0.05, 0) is 6.42 Å². The fraction of sp³-hybridized carbons (Fsp3) is 0.429. The van der Waals surface area contributed by atoms with Crippen LogP contribution in [0.5, 0.6) is 0 Å². The van der Waals surface area contributed by atoms with Gasteiger partial charge in [0.1, 0.15) is 5.82 Å². The van der Waals surface area contributed by atoms with E-state index < -0.39 is 0 Å². The number of thiazole rings is 1. The summed E-state index contributed by atoms with van der Waals surface area (Å²) in [5.74, 6) is 0.861. The Labute approximate surface area is 74.0 Å². The lowest BCUT2D eigenvalue weighted by molar-refractivity contribution is -0.117. The average molecular weight is 183 g/mol. The molecule has 2 heterocycles. The topological polar surface area (TPSA) is 59.2 Å². The maximum atomic E-state index is 11.2. The van der Waals surface area contributed by atoms with Crippen LogP contribution in [0.2, 0.25) is 0 Å². The summed E-state index contributed by atoms with van der Waals surface area (Å²) in [4.78, 5) is 17.0. The summed E-state index contributed by atoms with van der Waals surface area (Å²) in [6.45, 7) is 0.780. The third-order valence-corrected chi connectivity index (χ3v) is 2.52. The van der Waals surface area contributed by atoms with Gasteiger partial charge in [0.25, 0.3) is 0 Å². The van der Waals surface area contributed by atoms with Gasteiger partial charge in [0.05, 0.1) is 0 Å². The highest BCUT2D eigenvalue weighted by Gasteiger charge is 2.23. The first-order valence-corrected chi connectivity index (χ1v) is 4.67. The minimum Gasteiger partial charge on any atom is -0.375 e. The van der Waals surface area contributed by atoms with E-state index in [9.17, 15) is 4.79 Å². The largest absolute Gasteiger partial charge is 0.375 e. The van der Waals surface area contributed by atoms with Gasteiger partial charge in [-0.15, -0.1) is 11.3 Å². The van der Waals surface area contributed by atoms with Gasteiger partial charge in [0.2, 0.25) is 5.91 Å². The number of carbonyl (C=O) groups is 1. The molecule has 4 nitrogen and oxygen atoms in total. The van der Waals surface area contributed by atoms with E-state index in [2.05, 4.69) is 4.98 Å². The predicted molar refractivity (Wildman–Crippen MR) is 48.1 cm³/mol. The fourth-order valence-corrected chi connectivity index (χ4v) is 1.85. The summed E-state index contributed by atoms with van der Waals surface area (Å²) in [6.07, 6.45) is 1.56. The summed E-state index contributed by atoms with van der Waals surface area (Å²) < 4.78 is 0. The minimum atomic E-state index is 0.153. The number of hydrogen-bond donors (Lipinski definition) is 1. The SMILES string of the molecule is Nc1nc(N2CCCC2=O)cs1. The van der Waals surface area contributed by atoms with E-state index in [0.29, 0.717) is 17.4 Å². The van der Waals surface area contributed by atoms with E-state index in [1.54, 1.807) is 4.90 Å². The molecule has 64 valence electrons. The van der Waals surface area contributed by atoms with Crippen LogP contribution in [-0.4, -0.2) is 17.4 Å². The number of nitrogens with zero attached hydrogens (tertiary/aromatic N) is 2. The first kappa shape index (κ1) is 7.54. The highest BCUT2D eigenvalue weighted by Crippen LogP contribution is 2.23. The van der Waals surface area contributed by atoms with Crippen LogP contribution < -0.4 is 10.6 Å². The molecular formula is C7H9N3OS. The average Bonchev–Trinajstić information content (AvgIpc) is 2.58. The van der Waals surface area contributed by atoms with Crippen molar-refractivity contribution in [3.05, 3.63) is 5.38 Å². The van der Waals surface area contributed by atoms with Crippen LogP contribution in [0.3, 0.4) is 0 Å². The molecule has 0 atom stereocenters. The second-order valence-electron chi connectivity index (χ2n) is 2.69. The fourth-order valence-electron chi connectivity index (χ4n) is 1.29. The third kappa shape index (κ3) is 1.16. The normalized spacial score (nSPS) is 17.3. The number of carbonyl (C=O) groups excluding carboxylic acids is 1. The number of nitrogens with two attached hydrogens (primary N) is 1. The zero-order valence-corrected chi connectivity index (χ0v) is 7.30. The molecule has 0 saturated carbocycles. The van der Waals surface area contributed by atoms with E-state index >= 15 is 0 Å². The number of anilines is 2. The van der Waals surface area contributed by atoms with Gasteiger partial charge in [0, 0.05) is 18.3 Å². The molecule has 2 N–H and O–H groups in total. The Morgan fingerprint density at radius 3 is 3.00 bits per heavy atom. The van der Waals surface area contributed by atoms with Gasteiger partial charge in [-0.25, -0.2) is 4.98 Å². The van der Waals surface area contributed by atoms with E-state index in [-0.39, 0.29) is 5.91 Å². The van der Waals surface area contributed by atoms with Gasteiger partial charge < -0.3 is 5.73 Å². The van der Waals surface area contributed by atoms with Crippen LogP contribution >= 0.6 is 11.3 Å². The standard InChI is InChI=1S/C7H9N3OS/c8-7-9-5(4-12-7)10-3-1-2-6(10)11/h4H,1-3H2,(H2,8,9). The maximum absolute atomic E-state index is 11.2. The number of aromatic nitrogens is 1. The van der Waals surface area contributed by atoms with Crippen LogP contribution in [-0.2, 0) is 4.79 Å². The van der Waals surface area contributed by atoms with Crippen molar-refractivity contribution in [2.24, 2.45) is 0 Å². The highest BCUT2D eigenvalue weighted by atomic mass is 32.1. The minimum absolute atomic E-state index is 0.153. The molecule has 2 rings (SSSR count). The molecule has 5 heteroatoms. The summed E-state index contributed by atoms with van der Waals surface area (Å²) in [7, 11) is 0. The molecule has 0 spiro atoms. The molecule has 1 fully saturated rings. The van der Waals surface area contributed by atoms with Crippen LogP contribution in [0.15, 0.2) is 5.38 Å².